The van der Waals surface area contributed by atoms with Crippen LogP contribution in [0.5, 0.6) is 5.75 Å². The first-order valence-corrected chi connectivity index (χ1v) is 9.40. The fourth-order valence-corrected chi connectivity index (χ4v) is 3.76. The van der Waals surface area contributed by atoms with Gasteiger partial charge in [-0.3, -0.25) is 0 Å². The number of fused-ring (bicyclic) bond motifs is 1. The van der Waals surface area contributed by atoms with Gasteiger partial charge in [0, 0.05) is 0 Å². The zero-order valence-electron chi connectivity index (χ0n) is 17.0. The van der Waals surface area contributed by atoms with Crippen molar-refractivity contribution in [2.75, 3.05) is 6.61 Å². The maximum Gasteiger partial charge on any atom is 0.147 e. The Kier molecular flexibility index (Phi) is 5.09. The van der Waals surface area contributed by atoms with Crippen LogP contribution < -0.4 is 4.74 Å². The second-order valence-corrected chi connectivity index (χ2v) is 8.88. The monoisotopic (exact) mass is 363 g/mol. The summed E-state index contributed by atoms with van der Waals surface area (Å²) in [7, 11) is 0. The zero-order chi connectivity index (χ0) is 19.7. The maximum absolute atomic E-state index is 5.89. The van der Waals surface area contributed by atoms with Crippen molar-refractivity contribution in [3.05, 3.63) is 60.7 Å². The van der Waals surface area contributed by atoms with Crippen molar-refractivity contribution in [1.29, 1.82) is 0 Å². The van der Waals surface area contributed by atoms with Crippen LogP contribution in [0.1, 0.15) is 46.6 Å². The quantitative estimate of drug-likeness (QED) is 0.527. The van der Waals surface area contributed by atoms with E-state index in [1.54, 1.807) is 10.9 Å². The summed E-state index contributed by atoms with van der Waals surface area (Å²) in [4.78, 5) is 1.68. The SMILES string of the molecule is C=CCOc1ccc(C(C)(C)CC(C)(C)C)cc1-n1nc2ccccc2n1. The Labute approximate surface area is 161 Å². The molecule has 4 heteroatoms. The van der Waals surface area contributed by atoms with Crippen LogP contribution in [0.2, 0.25) is 0 Å². The van der Waals surface area contributed by atoms with Crippen LogP contribution in [-0.4, -0.2) is 21.6 Å². The molecule has 3 rings (SSSR count). The Morgan fingerprint density at radius 3 is 2.19 bits per heavy atom. The minimum absolute atomic E-state index is 0.0243. The number of aromatic nitrogens is 3. The average molecular weight is 364 g/mol. The Bertz CT molecular complexity index is 915. The molecule has 0 bridgehead atoms. The van der Waals surface area contributed by atoms with E-state index in [2.05, 4.69) is 63.5 Å². The molecule has 0 spiro atoms. The summed E-state index contributed by atoms with van der Waals surface area (Å²) in [6, 6.07) is 14.2. The van der Waals surface area contributed by atoms with Gasteiger partial charge in [0.25, 0.3) is 0 Å². The molecule has 0 aliphatic heterocycles. The van der Waals surface area contributed by atoms with Gasteiger partial charge in [0.15, 0.2) is 0 Å². The molecule has 0 N–H and O–H groups in total. The summed E-state index contributed by atoms with van der Waals surface area (Å²) >= 11 is 0. The molecule has 0 saturated heterocycles. The number of hydrogen-bond acceptors (Lipinski definition) is 3. The minimum Gasteiger partial charge on any atom is -0.487 e. The third-order valence-electron chi connectivity index (χ3n) is 4.57. The highest BCUT2D eigenvalue weighted by atomic mass is 16.5. The average Bonchev–Trinajstić information content (AvgIpc) is 3.01. The number of nitrogens with zero attached hydrogens (tertiary/aromatic N) is 3. The van der Waals surface area contributed by atoms with Crippen LogP contribution in [0.4, 0.5) is 0 Å². The van der Waals surface area contributed by atoms with E-state index in [1.807, 2.05) is 30.3 Å². The van der Waals surface area contributed by atoms with Crippen LogP contribution in [-0.2, 0) is 5.41 Å². The Morgan fingerprint density at radius 1 is 1.00 bits per heavy atom. The van der Waals surface area contributed by atoms with Crippen molar-refractivity contribution in [3.63, 3.8) is 0 Å². The third kappa shape index (κ3) is 4.38. The lowest BCUT2D eigenvalue weighted by Gasteiger charge is -2.33. The normalized spacial score (nSPS) is 12.3. The highest BCUT2D eigenvalue weighted by Crippen LogP contribution is 2.38. The van der Waals surface area contributed by atoms with E-state index in [0.717, 1.165) is 28.9 Å². The molecular weight excluding hydrogens is 334 g/mol. The lowest BCUT2D eigenvalue weighted by Crippen LogP contribution is -2.25. The van der Waals surface area contributed by atoms with Gasteiger partial charge in [-0.2, -0.15) is 0 Å². The predicted octanol–water partition coefficient (Wildman–Crippen LogP) is 5.70. The standard InChI is InChI=1S/C23H29N3O/c1-7-14-27-21-13-12-17(23(5,6)16-22(2,3)4)15-20(21)26-24-18-10-8-9-11-19(18)25-26/h7-13,15H,1,14,16H2,2-6H3. The third-order valence-corrected chi connectivity index (χ3v) is 4.57. The molecular formula is C23H29N3O. The molecule has 0 atom stereocenters. The van der Waals surface area contributed by atoms with Crippen LogP contribution >= 0.6 is 0 Å². The van der Waals surface area contributed by atoms with E-state index in [-0.39, 0.29) is 10.8 Å². The van der Waals surface area contributed by atoms with Crippen LogP contribution in [0.25, 0.3) is 16.7 Å². The lowest BCUT2D eigenvalue weighted by atomic mass is 9.72. The van der Waals surface area contributed by atoms with E-state index < -0.39 is 0 Å². The first kappa shape index (κ1) is 19.2. The highest BCUT2D eigenvalue weighted by molar-refractivity contribution is 5.73. The number of hydrogen-bond donors (Lipinski definition) is 0. The van der Waals surface area contributed by atoms with E-state index >= 15 is 0 Å². The van der Waals surface area contributed by atoms with Crippen LogP contribution in [0, 0.1) is 5.41 Å². The van der Waals surface area contributed by atoms with E-state index in [1.165, 1.54) is 5.56 Å². The second-order valence-electron chi connectivity index (χ2n) is 8.88. The number of benzene rings is 2. The smallest absolute Gasteiger partial charge is 0.147 e. The molecule has 2 aromatic carbocycles. The van der Waals surface area contributed by atoms with Gasteiger partial charge in [-0.05, 0) is 47.1 Å². The first-order chi connectivity index (χ1) is 12.7. The molecule has 4 nitrogen and oxygen atoms in total. The molecule has 0 fully saturated rings. The fraction of sp³-hybridized carbons (Fsp3) is 0.391. The zero-order valence-corrected chi connectivity index (χ0v) is 17.0. The van der Waals surface area contributed by atoms with Crippen molar-refractivity contribution in [1.82, 2.24) is 15.0 Å². The largest absolute Gasteiger partial charge is 0.487 e. The van der Waals surface area contributed by atoms with Crippen molar-refractivity contribution >= 4 is 11.0 Å². The van der Waals surface area contributed by atoms with Crippen molar-refractivity contribution < 1.29 is 4.74 Å². The topological polar surface area (TPSA) is 39.9 Å². The summed E-state index contributed by atoms with van der Waals surface area (Å²) < 4.78 is 5.89. The van der Waals surface area contributed by atoms with Gasteiger partial charge < -0.3 is 4.74 Å². The van der Waals surface area contributed by atoms with Gasteiger partial charge in [0.1, 0.15) is 29.1 Å². The van der Waals surface area contributed by atoms with Crippen molar-refractivity contribution in [2.24, 2.45) is 5.41 Å². The minimum atomic E-state index is 0.0243. The van der Waals surface area contributed by atoms with Gasteiger partial charge in [-0.15, -0.1) is 15.0 Å². The Morgan fingerprint density at radius 2 is 1.63 bits per heavy atom. The summed E-state index contributed by atoms with van der Waals surface area (Å²) in [6.45, 7) is 15.6. The second kappa shape index (κ2) is 7.18. The first-order valence-electron chi connectivity index (χ1n) is 9.40. The molecule has 0 aliphatic rings. The van der Waals surface area contributed by atoms with Crippen molar-refractivity contribution in [3.8, 4) is 11.4 Å². The highest BCUT2D eigenvalue weighted by Gasteiger charge is 2.28. The van der Waals surface area contributed by atoms with Gasteiger partial charge >= 0.3 is 0 Å². The van der Waals surface area contributed by atoms with Gasteiger partial charge in [0.2, 0.25) is 0 Å². The van der Waals surface area contributed by atoms with Crippen LogP contribution in [0.15, 0.2) is 55.1 Å². The Hall–Kier alpha value is -2.62. The summed E-state index contributed by atoms with van der Waals surface area (Å²) in [5.74, 6) is 0.755. The fourth-order valence-electron chi connectivity index (χ4n) is 3.76. The Balaban J connectivity index is 2.09. The molecule has 3 aromatic rings. The molecule has 142 valence electrons. The molecule has 0 aliphatic carbocycles. The van der Waals surface area contributed by atoms with Gasteiger partial charge in [-0.1, -0.05) is 65.5 Å². The maximum atomic E-state index is 5.89. The van der Waals surface area contributed by atoms with E-state index in [0.29, 0.717) is 6.61 Å². The lowest BCUT2D eigenvalue weighted by molar-refractivity contribution is 0.283. The van der Waals surface area contributed by atoms with Crippen LogP contribution in [0.3, 0.4) is 0 Å². The summed E-state index contributed by atoms with van der Waals surface area (Å²) in [6.07, 6.45) is 2.81. The number of rotatable bonds is 6. The van der Waals surface area contributed by atoms with E-state index in [4.69, 9.17) is 4.74 Å². The number of ether oxygens (including phenoxy) is 1. The van der Waals surface area contributed by atoms with Gasteiger partial charge in [0.05, 0.1) is 0 Å². The van der Waals surface area contributed by atoms with Crippen molar-refractivity contribution in [2.45, 2.75) is 46.5 Å². The molecule has 0 radical (unpaired) electrons. The molecule has 0 unspecified atom stereocenters. The molecule has 0 saturated carbocycles. The van der Waals surface area contributed by atoms with E-state index in [9.17, 15) is 0 Å². The molecule has 1 aromatic heterocycles. The summed E-state index contributed by atoms with van der Waals surface area (Å²) in [5.41, 5.74) is 4.10. The molecule has 27 heavy (non-hydrogen) atoms. The van der Waals surface area contributed by atoms with Gasteiger partial charge in [-0.25, -0.2) is 0 Å². The molecule has 1 heterocycles. The summed E-state index contributed by atoms with van der Waals surface area (Å²) in [5, 5.41) is 9.30. The molecule has 0 amide bonds. The predicted molar refractivity (Wildman–Crippen MR) is 112 cm³/mol.